The van der Waals surface area contributed by atoms with Crippen molar-refractivity contribution >= 4 is 21.9 Å². The zero-order valence-corrected chi connectivity index (χ0v) is 13.5. The van der Waals surface area contributed by atoms with Gasteiger partial charge in [-0.1, -0.05) is 30.3 Å². The highest BCUT2D eigenvalue weighted by atomic mass is 15.1. The van der Waals surface area contributed by atoms with E-state index in [1.165, 1.54) is 10.9 Å². The minimum atomic E-state index is -0.0243. The van der Waals surface area contributed by atoms with Gasteiger partial charge in [0, 0.05) is 30.8 Å². The molecule has 5 nitrogen and oxygen atoms in total. The predicted molar refractivity (Wildman–Crippen MR) is 97.5 cm³/mol. The summed E-state index contributed by atoms with van der Waals surface area (Å²) in [5.41, 5.74) is 15.6. The number of aromatic nitrogens is 3. The molecular formula is C19H21N5. The summed E-state index contributed by atoms with van der Waals surface area (Å²) in [6, 6.07) is 18.5. The summed E-state index contributed by atoms with van der Waals surface area (Å²) in [6.45, 7) is 1.86. The Morgan fingerprint density at radius 2 is 1.67 bits per heavy atom. The lowest BCUT2D eigenvalue weighted by atomic mass is 10.2. The van der Waals surface area contributed by atoms with Gasteiger partial charge in [-0.15, -0.1) is 0 Å². The number of nitrogens with two attached hydrogens (primary N) is 2. The van der Waals surface area contributed by atoms with Gasteiger partial charge in [0.05, 0.1) is 17.6 Å². The van der Waals surface area contributed by atoms with Crippen LogP contribution in [0.15, 0.2) is 60.8 Å². The summed E-state index contributed by atoms with van der Waals surface area (Å²) in [5, 5.41) is 1.24. The van der Waals surface area contributed by atoms with Crippen molar-refractivity contribution in [3.8, 4) is 0 Å². The van der Waals surface area contributed by atoms with Crippen molar-refractivity contribution in [1.29, 1.82) is 0 Å². The van der Waals surface area contributed by atoms with Crippen molar-refractivity contribution in [2.75, 3.05) is 0 Å². The van der Waals surface area contributed by atoms with Gasteiger partial charge in [-0.2, -0.15) is 0 Å². The fraction of sp³-hybridized carbons (Fsp3) is 0.211. The summed E-state index contributed by atoms with van der Waals surface area (Å²) in [7, 11) is 0. The molecule has 0 aliphatic rings. The van der Waals surface area contributed by atoms with Crippen LogP contribution in [0.1, 0.15) is 5.82 Å². The van der Waals surface area contributed by atoms with Crippen LogP contribution in [0.3, 0.4) is 0 Å². The Kier molecular flexibility index (Phi) is 3.80. The van der Waals surface area contributed by atoms with E-state index in [2.05, 4.69) is 56.7 Å². The van der Waals surface area contributed by atoms with Gasteiger partial charge in [0.15, 0.2) is 0 Å². The minimum Gasteiger partial charge on any atom is -0.346 e. The molecule has 0 radical (unpaired) electrons. The second-order valence-corrected chi connectivity index (χ2v) is 6.12. The van der Waals surface area contributed by atoms with Crippen LogP contribution in [0.25, 0.3) is 21.9 Å². The lowest BCUT2D eigenvalue weighted by Gasteiger charge is -2.16. The van der Waals surface area contributed by atoms with E-state index in [-0.39, 0.29) is 6.04 Å². The Labute approximate surface area is 140 Å². The van der Waals surface area contributed by atoms with Gasteiger partial charge in [-0.3, -0.25) is 0 Å². The molecule has 0 unspecified atom stereocenters. The molecule has 0 fully saturated rings. The van der Waals surface area contributed by atoms with Crippen molar-refractivity contribution in [1.82, 2.24) is 14.1 Å². The normalized spacial score (nSPS) is 12.9. The summed E-state index contributed by atoms with van der Waals surface area (Å²) in [5.74, 6) is 0.879. The van der Waals surface area contributed by atoms with E-state index in [1.54, 1.807) is 0 Å². The van der Waals surface area contributed by atoms with Crippen molar-refractivity contribution in [2.45, 2.75) is 25.7 Å². The third-order valence-corrected chi connectivity index (χ3v) is 4.44. The molecule has 4 aromatic rings. The lowest BCUT2D eigenvalue weighted by Crippen LogP contribution is -2.31. The maximum absolute atomic E-state index is 6.45. The van der Waals surface area contributed by atoms with Gasteiger partial charge in [-0.05, 0) is 29.7 Å². The number of benzene rings is 2. The molecule has 24 heavy (non-hydrogen) atoms. The average Bonchev–Trinajstić information content (AvgIpc) is 3.17. The Morgan fingerprint density at radius 3 is 2.50 bits per heavy atom. The van der Waals surface area contributed by atoms with Gasteiger partial charge in [-0.25, -0.2) is 4.98 Å². The van der Waals surface area contributed by atoms with Crippen LogP contribution < -0.4 is 11.5 Å². The van der Waals surface area contributed by atoms with E-state index in [0.717, 1.165) is 23.4 Å². The standard InChI is InChI=1S/C19H21N5/c20-11-19-22-16-6-2-4-8-18(16)24(19)13-15(21)12-23-10-9-14-5-1-3-7-17(14)23/h1-10,15H,11-13,20-21H2/t15-/m1/s1. The van der Waals surface area contributed by atoms with Crippen LogP contribution in [0.4, 0.5) is 0 Å². The van der Waals surface area contributed by atoms with E-state index in [1.807, 2.05) is 18.2 Å². The third kappa shape index (κ3) is 2.58. The molecular weight excluding hydrogens is 298 g/mol. The highest BCUT2D eigenvalue weighted by Gasteiger charge is 2.13. The number of rotatable bonds is 5. The number of hydrogen-bond acceptors (Lipinski definition) is 3. The van der Waals surface area contributed by atoms with Crippen LogP contribution in [-0.2, 0) is 19.6 Å². The lowest BCUT2D eigenvalue weighted by molar-refractivity contribution is 0.487. The van der Waals surface area contributed by atoms with Crippen LogP contribution in [0.5, 0.6) is 0 Å². The third-order valence-electron chi connectivity index (χ3n) is 4.44. The Morgan fingerprint density at radius 1 is 0.917 bits per heavy atom. The molecule has 4 rings (SSSR count). The SMILES string of the molecule is NCc1nc2ccccc2n1C[C@H](N)Cn1ccc2ccccc21. The fourth-order valence-corrected chi connectivity index (χ4v) is 3.33. The number of imidazole rings is 1. The molecule has 0 spiro atoms. The molecule has 5 heteroatoms. The van der Waals surface area contributed by atoms with Crippen molar-refractivity contribution in [3.63, 3.8) is 0 Å². The smallest absolute Gasteiger partial charge is 0.123 e. The van der Waals surface area contributed by atoms with Crippen LogP contribution in [0.2, 0.25) is 0 Å². The molecule has 0 saturated carbocycles. The predicted octanol–water partition coefficient (Wildman–Crippen LogP) is 2.48. The fourth-order valence-electron chi connectivity index (χ4n) is 3.33. The molecule has 0 amide bonds. The summed E-state index contributed by atoms with van der Waals surface area (Å²) < 4.78 is 4.35. The van der Waals surface area contributed by atoms with Gasteiger partial charge >= 0.3 is 0 Å². The molecule has 1 atom stereocenters. The van der Waals surface area contributed by atoms with Gasteiger partial charge in [0.2, 0.25) is 0 Å². The van der Waals surface area contributed by atoms with Gasteiger partial charge in [0.1, 0.15) is 5.82 Å². The van der Waals surface area contributed by atoms with Crippen LogP contribution in [-0.4, -0.2) is 20.2 Å². The van der Waals surface area contributed by atoms with Crippen molar-refractivity contribution < 1.29 is 0 Å². The topological polar surface area (TPSA) is 74.8 Å². The Bertz CT molecular complexity index is 982. The highest BCUT2D eigenvalue weighted by Crippen LogP contribution is 2.18. The largest absolute Gasteiger partial charge is 0.346 e. The number of para-hydroxylation sites is 3. The first-order valence-corrected chi connectivity index (χ1v) is 8.20. The first-order valence-electron chi connectivity index (χ1n) is 8.20. The summed E-state index contributed by atoms with van der Waals surface area (Å²) in [6.07, 6.45) is 2.10. The maximum Gasteiger partial charge on any atom is 0.123 e. The Hall–Kier alpha value is -2.63. The van der Waals surface area contributed by atoms with Crippen molar-refractivity contribution in [3.05, 3.63) is 66.6 Å². The first-order chi connectivity index (χ1) is 11.8. The van der Waals surface area contributed by atoms with Gasteiger partial charge in [0.25, 0.3) is 0 Å². The zero-order chi connectivity index (χ0) is 16.5. The van der Waals surface area contributed by atoms with E-state index < -0.39 is 0 Å². The second kappa shape index (κ2) is 6.11. The average molecular weight is 319 g/mol. The maximum atomic E-state index is 6.45. The number of fused-ring (bicyclic) bond motifs is 2. The van der Waals surface area contributed by atoms with E-state index in [9.17, 15) is 0 Å². The van der Waals surface area contributed by atoms with Crippen LogP contribution >= 0.6 is 0 Å². The molecule has 122 valence electrons. The molecule has 0 aliphatic carbocycles. The molecule has 0 bridgehead atoms. The molecule has 2 aromatic carbocycles. The molecule has 0 saturated heterocycles. The first kappa shape index (κ1) is 14.9. The van der Waals surface area contributed by atoms with Crippen molar-refractivity contribution in [2.24, 2.45) is 11.5 Å². The summed E-state index contributed by atoms with van der Waals surface area (Å²) in [4.78, 5) is 4.61. The highest BCUT2D eigenvalue weighted by molar-refractivity contribution is 5.80. The van der Waals surface area contributed by atoms with E-state index in [0.29, 0.717) is 13.1 Å². The Balaban J connectivity index is 1.61. The monoisotopic (exact) mass is 319 g/mol. The summed E-state index contributed by atoms with van der Waals surface area (Å²) >= 11 is 0. The van der Waals surface area contributed by atoms with E-state index in [4.69, 9.17) is 11.5 Å². The second-order valence-electron chi connectivity index (χ2n) is 6.12. The van der Waals surface area contributed by atoms with Crippen LogP contribution in [0, 0.1) is 0 Å². The zero-order valence-electron chi connectivity index (χ0n) is 13.5. The number of hydrogen-bond donors (Lipinski definition) is 2. The molecule has 2 aromatic heterocycles. The number of nitrogens with zero attached hydrogens (tertiary/aromatic N) is 3. The quantitative estimate of drug-likeness (QED) is 0.593. The van der Waals surface area contributed by atoms with E-state index >= 15 is 0 Å². The van der Waals surface area contributed by atoms with Gasteiger partial charge < -0.3 is 20.6 Å². The molecule has 0 aliphatic heterocycles. The molecule has 4 N–H and O–H groups in total. The minimum absolute atomic E-state index is 0.0243. The molecule has 2 heterocycles.